The van der Waals surface area contributed by atoms with E-state index in [2.05, 4.69) is 4.99 Å². The molecule has 80 valence electrons. The molecule has 0 bridgehead atoms. The molecule has 0 aliphatic heterocycles. The van der Waals surface area contributed by atoms with Crippen LogP contribution in [0.15, 0.2) is 17.1 Å². The highest BCUT2D eigenvalue weighted by atomic mass is 35.5. The van der Waals surface area contributed by atoms with Crippen LogP contribution in [0, 0.1) is 0 Å². The van der Waals surface area contributed by atoms with Crippen LogP contribution in [-0.4, -0.2) is 13.2 Å². The molecule has 0 spiro atoms. The lowest BCUT2D eigenvalue weighted by molar-refractivity contribution is 0.409. The molecule has 1 rings (SSSR count). The molecule has 0 aromatic heterocycles. The summed E-state index contributed by atoms with van der Waals surface area (Å²) in [6, 6.07) is 3.63. The number of isocyanates is 1. The molecule has 0 heterocycles. The van der Waals surface area contributed by atoms with Gasteiger partial charge in [0.1, 0.15) is 5.75 Å². The van der Waals surface area contributed by atoms with Crippen LogP contribution in [0.3, 0.4) is 0 Å². The fourth-order valence-corrected chi connectivity index (χ4v) is 1.77. The molecular weight excluding hydrogens is 214 g/mol. The number of ether oxygens (including phenoxy) is 1. The van der Waals surface area contributed by atoms with Crippen molar-refractivity contribution in [1.29, 1.82) is 0 Å². The fourth-order valence-electron chi connectivity index (χ4n) is 1.40. The second-order valence-electron chi connectivity index (χ2n) is 3.02. The Morgan fingerprint density at radius 2 is 2.27 bits per heavy atom. The molecule has 4 heteroatoms. The SMILES string of the molecule is CCc1c(Cl)cc(CN=C=O)cc1OC. The van der Waals surface area contributed by atoms with E-state index >= 15 is 0 Å². The molecule has 0 aliphatic carbocycles. The minimum atomic E-state index is 0.281. The summed E-state index contributed by atoms with van der Waals surface area (Å²) in [5.41, 5.74) is 1.82. The summed E-state index contributed by atoms with van der Waals surface area (Å²) < 4.78 is 5.21. The maximum atomic E-state index is 9.98. The monoisotopic (exact) mass is 225 g/mol. The minimum Gasteiger partial charge on any atom is -0.496 e. The Morgan fingerprint density at radius 3 is 2.80 bits per heavy atom. The molecule has 0 unspecified atom stereocenters. The number of rotatable bonds is 4. The maximum Gasteiger partial charge on any atom is 0.235 e. The molecular formula is C11H12ClNO2. The molecule has 1 aromatic rings. The van der Waals surface area contributed by atoms with Crippen LogP contribution < -0.4 is 4.74 Å². The van der Waals surface area contributed by atoms with E-state index in [-0.39, 0.29) is 6.54 Å². The van der Waals surface area contributed by atoms with E-state index in [0.29, 0.717) is 5.02 Å². The summed E-state index contributed by atoms with van der Waals surface area (Å²) in [6.45, 7) is 2.29. The number of halogens is 1. The Bertz CT molecular complexity index is 398. The summed E-state index contributed by atoms with van der Waals surface area (Å²) in [7, 11) is 1.59. The summed E-state index contributed by atoms with van der Waals surface area (Å²) in [5, 5.41) is 0.646. The van der Waals surface area contributed by atoms with Gasteiger partial charge in [0.25, 0.3) is 0 Å². The van der Waals surface area contributed by atoms with E-state index in [1.54, 1.807) is 13.2 Å². The van der Waals surface area contributed by atoms with Crippen molar-refractivity contribution >= 4 is 17.7 Å². The van der Waals surface area contributed by atoms with Gasteiger partial charge in [-0.2, -0.15) is 0 Å². The van der Waals surface area contributed by atoms with E-state index in [9.17, 15) is 4.79 Å². The average molecular weight is 226 g/mol. The van der Waals surface area contributed by atoms with Crippen molar-refractivity contribution in [3.63, 3.8) is 0 Å². The molecule has 1 aromatic carbocycles. The number of nitrogens with zero attached hydrogens (tertiary/aromatic N) is 1. The highest BCUT2D eigenvalue weighted by Crippen LogP contribution is 2.29. The topological polar surface area (TPSA) is 38.7 Å². The predicted molar refractivity (Wildman–Crippen MR) is 59.2 cm³/mol. The van der Waals surface area contributed by atoms with Crippen molar-refractivity contribution in [3.8, 4) is 5.75 Å². The fraction of sp³-hybridized carbons (Fsp3) is 0.364. The number of aliphatic imine (C=N–C) groups is 1. The lowest BCUT2D eigenvalue weighted by Crippen LogP contribution is -1.94. The zero-order chi connectivity index (χ0) is 11.3. The Labute approximate surface area is 93.7 Å². The first-order valence-corrected chi connectivity index (χ1v) is 4.99. The van der Waals surface area contributed by atoms with Gasteiger partial charge in [0.15, 0.2) is 0 Å². The average Bonchev–Trinajstić information content (AvgIpc) is 2.25. The Hall–Kier alpha value is -1.31. The zero-order valence-electron chi connectivity index (χ0n) is 8.71. The van der Waals surface area contributed by atoms with Crippen molar-refractivity contribution in [1.82, 2.24) is 0 Å². The van der Waals surface area contributed by atoms with E-state index in [0.717, 1.165) is 23.3 Å². The second-order valence-corrected chi connectivity index (χ2v) is 3.43. The van der Waals surface area contributed by atoms with Gasteiger partial charge in [-0.1, -0.05) is 18.5 Å². The van der Waals surface area contributed by atoms with Crippen molar-refractivity contribution in [2.24, 2.45) is 4.99 Å². The van der Waals surface area contributed by atoms with Gasteiger partial charge in [-0.05, 0) is 24.1 Å². The number of hydrogen-bond donors (Lipinski definition) is 0. The summed E-state index contributed by atoms with van der Waals surface area (Å²) in [4.78, 5) is 13.5. The van der Waals surface area contributed by atoms with Crippen LogP contribution in [0.4, 0.5) is 0 Å². The van der Waals surface area contributed by atoms with Gasteiger partial charge in [0.2, 0.25) is 6.08 Å². The van der Waals surface area contributed by atoms with Crippen LogP contribution in [0.25, 0.3) is 0 Å². The molecule has 15 heavy (non-hydrogen) atoms. The maximum absolute atomic E-state index is 9.98. The first-order valence-electron chi connectivity index (χ1n) is 4.61. The molecule has 0 fully saturated rings. The Morgan fingerprint density at radius 1 is 1.53 bits per heavy atom. The third-order valence-electron chi connectivity index (χ3n) is 2.11. The zero-order valence-corrected chi connectivity index (χ0v) is 9.47. The largest absolute Gasteiger partial charge is 0.496 e. The van der Waals surface area contributed by atoms with Crippen LogP contribution in [0.2, 0.25) is 5.02 Å². The van der Waals surface area contributed by atoms with Crippen molar-refractivity contribution < 1.29 is 9.53 Å². The molecule has 0 amide bonds. The van der Waals surface area contributed by atoms with E-state index in [1.807, 2.05) is 13.0 Å². The van der Waals surface area contributed by atoms with Gasteiger partial charge in [0.05, 0.1) is 13.7 Å². The second kappa shape index (κ2) is 5.54. The highest BCUT2D eigenvalue weighted by Gasteiger charge is 2.08. The lowest BCUT2D eigenvalue weighted by atomic mass is 10.1. The summed E-state index contributed by atoms with van der Waals surface area (Å²) >= 11 is 6.07. The van der Waals surface area contributed by atoms with Crippen molar-refractivity contribution in [2.75, 3.05) is 7.11 Å². The predicted octanol–water partition coefficient (Wildman–Crippen LogP) is 2.75. The molecule has 0 aliphatic rings. The van der Waals surface area contributed by atoms with Crippen LogP contribution in [0.1, 0.15) is 18.1 Å². The minimum absolute atomic E-state index is 0.281. The van der Waals surface area contributed by atoms with E-state index < -0.39 is 0 Å². The normalized spacial score (nSPS) is 9.53. The smallest absolute Gasteiger partial charge is 0.235 e. The van der Waals surface area contributed by atoms with Gasteiger partial charge in [-0.3, -0.25) is 0 Å². The van der Waals surface area contributed by atoms with E-state index in [1.165, 1.54) is 6.08 Å². The molecule has 0 saturated carbocycles. The van der Waals surface area contributed by atoms with E-state index in [4.69, 9.17) is 16.3 Å². The first-order chi connectivity index (χ1) is 7.22. The lowest BCUT2D eigenvalue weighted by Gasteiger charge is -2.10. The Kier molecular flexibility index (Phi) is 4.35. The summed E-state index contributed by atoms with van der Waals surface area (Å²) in [6.07, 6.45) is 2.30. The standard InChI is InChI=1S/C11H12ClNO2/c1-3-9-10(12)4-8(6-13-7-14)5-11(9)15-2/h4-5H,3,6H2,1-2H3. The molecule has 0 radical (unpaired) electrons. The highest BCUT2D eigenvalue weighted by molar-refractivity contribution is 6.31. The van der Waals surface area contributed by atoms with Crippen molar-refractivity contribution in [3.05, 3.63) is 28.3 Å². The quantitative estimate of drug-likeness (QED) is 0.584. The number of benzene rings is 1. The molecule has 3 nitrogen and oxygen atoms in total. The van der Waals surface area contributed by atoms with Crippen LogP contribution in [-0.2, 0) is 17.8 Å². The number of carbonyl (C=O) groups excluding carboxylic acids is 1. The number of methoxy groups -OCH3 is 1. The Balaban J connectivity index is 3.12. The van der Waals surface area contributed by atoms with Gasteiger partial charge in [-0.25, -0.2) is 9.79 Å². The molecule has 0 N–H and O–H groups in total. The van der Waals surface area contributed by atoms with Gasteiger partial charge in [0, 0.05) is 10.6 Å². The third-order valence-corrected chi connectivity index (χ3v) is 2.45. The molecule has 0 atom stereocenters. The third kappa shape index (κ3) is 2.82. The molecule has 0 saturated heterocycles. The van der Waals surface area contributed by atoms with Gasteiger partial charge < -0.3 is 4.74 Å². The van der Waals surface area contributed by atoms with Crippen LogP contribution in [0.5, 0.6) is 5.75 Å². The van der Waals surface area contributed by atoms with Gasteiger partial charge >= 0.3 is 0 Å². The first kappa shape index (κ1) is 11.8. The summed E-state index contributed by atoms with van der Waals surface area (Å²) in [5.74, 6) is 0.737. The van der Waals surface area contributed by atoms with Gasteiger partial charge in [-0.15, -0.1) is 0 Å². The van der Waals surface area contributed by atoms with Crippen molar-refractivity contribution in [2.45, 2.75) is 19.9 Å². The number of hydrogen-bond acceptors (Lipinski definition) is 3. The van der Waals surface area contributed by atoms with Crippen LogP contribution >= 0.6 is 11.6 Å².